The predicted octanol–water partition coefficient (Wildman–Crippen LogP) is 0.672. The molecule has 3 rings (SSSR count). The second-order valence-electron chi connectivity index (χ2n) is 2.70. The van der Waals surface area contributed by atoms with Crippen molar-refractivity contribution >= 4 is 16.6 Å². The zero-order valence-electron chi connectivity index (χ0n) is 6.62. The molecular weight excluding hydrogens is 166 g/mol. The van der Waals surface area contributed by atoms with E-state index in [1.165, 1.54) is 0 Å². The van der Waals surface area contributed by atoms with Crippen LogP contribution in [-0.2, 0) is 0 Å². The fourth-order valence-corrected chi connectivity index (χ4v) is 1.32. The van der Waals surface area contributed by atoms with Crippen molar-refractivity contribution in [3.8, 4) is 0 Å². The fourth-order valence-electron chi connectivity index (χ4n) is 1.32. The highest BCUT2D eigenvalue weighted by Crippen LogP contribution is 2.12. The molecule has 62 valence electrons. The van der Waals surface area contributed by atoms with Crippen LogP contribution in [0.15, 0.2) is 31.1 Å². The highest BCUT2D eigenvalue weighted by molar-refractivity contribution is 5.89. The lowest BCUT2D eigenvalue weighted by molar-refractivity contribution is 1.08. The van der Waals surface area contributed by atoms with Gasteiger partial charge in [-0.05, 0) is 6.07 Å². The lowest BCUT2D eigenvalue weighted by atomic mass is 10.3. The van der Waals surface area contributed by atoms with E-state index < -0.39 is 0 Å². The first-order chi connectivity index (χ1) is 6.45. The molecule has 0 bridgehead atoms. The molecular formula is C8H5N5. The highest BCUT2D eigenvalue weighted by atomic mass is 15.2. The van der Waals surface area contributed by atoms with Gasteiger partial charge in [0.25, 0.3) is 0 Å². The normalized spacial score (nSPS) is 11.1. The molecule has 0 spiro atoms. The average molecular weight is 171 g/mol. The van der Waals surface area contributed by atoms with Crippen molar-refractivity contribution < 1.29 is 0 Å². The van der Waals surface area contributed by atoms with Gasteiger partial charge in [-0.15, -0.1) is 10.2 Å². The molecule has 0 atom stereocenters. The Balaban J connectivity index is 2.65. The van der Waals surface area contributed by atoms with E-state index in [2.05, 4.69) is 20.2 Å². The van der Waals surface area contributed by atoms with E-state index in [4.69, 9.17) is 0 Å². The van der Waals surface area contributed by atoms with Gasteiger partial charge in [0, 0.05) is 12.4 Å². The Labute approximate surface area is 73.1 Å². The molecule has 0 saturated carbocycles. The van der Waals surface area contributed by atoms with Crippen LogP contribution >= 0.6 is 0 Å². The van der Waals surface area contributed by atoms with Crippen LogP contribution in [0.3, 0.4) is 0 Å². The van der Waals surface area contributed by atoms with Gasteiger partial charge in [-0.1, -0.05) is 0 Å². The number of rotatable bonds is 0. The van der Waals surface area contributed by atoms with Gasteiger partial charge in [0.1, 0.15) is 12.7 Å². The summed E-state index contributed by atoms with van der Waals surface area (Å²) in [6, 6.07) is 1.85. The van der Waals surface area contributed by atoms with Crippen LogP contribution in [0.5, 0.6) is 0 Å². The summed E-state index contributed by atoms with van der Waals surface area (Å²) in [7, 11) is 0. The zero-order chi connectivity index (χ0) is 8.67. The first-order valence-electron chi connectivity index (χ1n) is 3.83. The van der Waals surface area contributed by atoms with Crippen molar-refractivity contribution in [3.05, 3.63) is 31.1 Å². The van der Waals surface area contributed by atoms with Crippen molar-refractivity contribution in [3.63, 3.8) is 0 Å². The van der Waals surface area contributed by atoms with E-state index in [1.807, 2.05) is 6.07 Å². The lowest BCUT2D eigenvalue weighted by Gasteiger charge is -1.96. The molecule has 0 amide bonds. The molecule has 3 aromatic heterocycles. The van der Waals surface area contributed by atoms with Crippen LogP contribution < -0.4 is 0 Å². The van der Waals surface area contributed by atoms with E-state index in [0.717, 1.165) is 16.6 Å². The van der Waals surface area contributed by atoms with Crippen LogP contribution in [0.1, 0.15) is 0 Å². The summed E-state index contributed by atoms with van der Waals surface area (Å²) in [5.41, 5.74) is 1.67. The van der Waals surface area contributed by atoms with Crippen LogP contribution in [0.4, 0.5) is 0 Å². The summed E-state index contributed by atoms with van der Waals surface area (Å²) in [4.78, 5) is 8.25. The Bertz CT molecular complexity index is 571. The quantitative estimate of drug-likeness (QED) is 0.499. The van der Waals surface area contributed by atoms with Gasteiger partial charge >= 0.3 is 0 Å². The van der Waals surface area contributed by atoms with E-state index >= 15 is 0 Å². The summed E-state index contributed by atoms with van der Waals surface area (Å²) in [6.45, 7) is 0. The standard InChI is InChI=1S/C8H5N5/c1-2-9-3-6-7(1)10-4-13-5-11-12-8(6)13/h1-5H. The molecule has 5 heteroatoms. The summed E-state index contributed by atoms with van der Waals surface area (Å²) in [6.07, 6.45) is 6.76. The molecule has 0 aromatic carbocycles. The Kier molecular flexibility index (Phi) is 1.11. The van der Waals surface area contributed by atoms with E-state index in [-0.39, 0.29) is 0 Å². The van der Waals surface area contributed by atoms with E-state index in [9.17, 15) is 0 Å². The van der Waals surface area contributed by atoms with E-state index in [1.54, 1.807) is 29.4 Å². The first-order valence-corrected chi connectivity index (χ1v) is 3.83. The number of pyridine rings is 1. The smallest absolute Gasteiger partial charge is 0.172 e. The Morgan fingerprint density at radius 3 is 3.23 bits per heavy atom. The molecule has 13 heavy (non-hydrogen) atoms. The van der Waals surface area contributed by atoms with E-state index in [0.29, 0.717) is 0 Å². The van der Waals surface area contributed by atoms with Gasteiger partial charge in [-0.2, -0.15) is 0 Å². The molecule has 0 unspecified atom stereocenters. The summed E-state index contributed by atoms with van der Waals surface area (Å²) < 4.78 is 1.77. The highest BCUT2D eigenvalue weighted by Gasteiger charge is 2.01. The Morgan fingerprint density at radius 1 is 1.23 bits per heavy atom. The lowest BCUT2D eigenvalue weighted by Crippen LogP contribution is -1.88. The summed E-state index contributed by atoms with van der Waals surface area (Å²) in [5, 5.41) is 8.70. The maximum atomic E-state index is 4.22. The largest absolute Gasteiger partial charge is 0.271 e. The summed E-state index contributed by atoms with van der Waals surface area (Å²) >= 11 is 0. The molecule has 0 N–H and O–H groups in total. The van der Waals surface area contributed by atoms with Gasteiger partial charge in [0.05, 0.1) is 10.9 Å². The number of fused-ring (bicyclic) bond motifs is 3. The Hall–Kier alpha value is -2.04. The van der Waals surface area contributed by atoms with Crippen molar-refractivity contribution in [2.45, 2.75) is 0 Å². The average Bonchev–Trinajstić information content (AvgIpc) is 2.65. The van der Waals surface area contributed by atoms with Gasteiger partial charge in [0.2, 0.25) is 0 Å². The van der Waals surface area contributed by atoms with Crippen molar-refractivity contribution in [1.29, 1.82) is 0 Å². The molecule has 3 heterocycles. The van der Waals surface area contributed by atoms with Gasteiger partial charge in [0.15, 0.2) is 5.65 Å². The van der Waals surface area contributed by atoms with Crippen LogP contribution in [0.25, 0.3) is 16.6 Å². The molecule has 0 aliphatic rings. The second kappa shape index (κ2) is 2.22. The minimum Gasteiger partial charge on any atom is -0.271 e. The minimum atomic E-state index is 0.790. The first kappa shape index (κ1) is 6.47. The van der Waals surface area contributed by atoms with Crippen LogP contribution in [-0.4, -0.2) is 24.6 Å². The molecule has 0 fully saturated rings. The van der Waals surface area contributed by atoms with Crippen molar-refractivity contribution in [2.24, 2.45) is 0 Å². The number of aromatic nitrogens is 5. The van der Waals surface area contributed by atoms with Gasteiger partial charge in [-0.3, -0.25) is 9.38 Å². The molecule has 3 aromatic rings. The summed E-state index contributed by atoms with van der Waals surface area (Å²) in [5.74, 6) is 0. The second-order valence-corrected chi connectivity index (χ2v) is 2.70. The molecule has 0 radical (unpaired) electrons. The monoisotopic (exact) mass is 171 g/mol. The molecule has 0 aliphatic carbocycles. The third-order valence-corrected chi connectivity index (χ3v) is 1.93. The molecule has 0 aliphatic heterocycles. The van der Waals surface area contributed by atoms with Crippen molar-refractivity contribution in [2.75, 3.05) is 0 Å². The third kappa shape index (κ3) is 0.807. The zero-order valence-corrected chi connectivity index (χ0v) is 6.62. The minimum absolute atomic E-state index is 0.790. The number of nitrogens with zero attached hydrogens (tertiary/aromatic N) is 5. The topological polar surface area (TPSA) is 56.0 Å². The van der Waals surface area contributed by atoms with Crippen LogP contribution in [0.2, 0.25) is 0 Å². The predicted molar refractivity (Wildman–Crippen MR) is 46.1 cm³/mol. The maximum Gasteiger partial charge on any atom is 0.172 e. The third-order valence-electron chi connectivity index (χ3n) is 1.93. The number of hydrogen-bond donors (Lipinski definition) is 0. The van der Waals surface area contributed by atoms with Crippen LogP contribution in [0, 0.1) is 0 Å². The van der Waals surface area contributed by atoms with Crippen molar-refractivity contribution in [1.82, 2.24) is 24.6 Å². The van der Waals surface area contributed by atoms with Gasteiger partial charge < -0.3 is 0 Å². The Morgan fingerprint density at radius 2 is 2.23 bits per heavy atom. The van der Waals surface area contributed by atoms with Gasteiger partial charge in [-0.25, -0.2) is 4.98 Å². The molecule has 5 nitrogen and oxygen atoms in total. The fraction of sp³-hybridized carbons (Fsp3) is 0. The SMILES string of the molecule is c1cc2ncn3cnnc3c2cn1. The molecule has 0 saturated heterocycles. The maximum absolute atomic E-state index is 4.22. The number of hydrogen-bond acceptors (Lipinski definition) is 4.